The molecule has 2 aliphatic rings. The van der Waals surface area contributed by atoms with Crippen molar-refractivity contribution in [1.29, 1.82) is 0 Å². The minimum atomic E-state index is -0.931. The van der Waals surface area contributed by atoms with Crippen LogP contribution in [0, 0.1) is 0 Å². The van der Waals surface area contributed by atoms with E-state index in [2.05, 4.69) is 25.4 Å². The number of amides is 4. The largest absolute Gasteiger partial charge is 0.508 e. The number of rotatable bonds is 9. The summed E-state index contributed by atoms with van der Waals surface area (Å²) >= 11 is 0. The van der Waals surface area contributed by atoms with Gasteiger partial charge in [-0.2, -0.15) is 5.01 Å². The first-order chi connectivity index (χ1) is 25.9. The Morgan fingerprint density at radius 3 is 2.53 bits per heavy atom. The number of urea groups is 1. The molecule has 5 heterocycles. The fourth-order valence-corrected chi connectivity index (χ4v) is 7.01. The van der Waals surface area contributed by atoms with Gasteiger partial charge in [-0.25, -0.2) is 9.80 Å². The maximum atomic E-state index is 14.5. The number of aromatic nitrogens is 4. The molecule has 14 nitrogen and oxygen atoms in total. The van der Waals surface area contributed by atoms with Crippen LogP contribution in [0.1, 0.15) is 22.5 Å². The molecule has 8 rings (SSSR count). The van der Waals surface area contributed by atoms with Crippen LogP contribution in [-0.4, -0.2) is 88.2 Å². The Bertz CT molecular complexity index is 2250. The highest BCUT2D eigenvalue weighted by atomic mass is 16.5. The monoisotopic (exact) mass is 709 g/mol. The lowest BCUT2D eigenvalue weighted by Gasteiger charge is -2.55. The van der Waals surface area contributed by atoms with Gasteiger partial charge in [0.25, 0.3) is 0 Å². The first kappa shape index (κ1) is 33.5. The molecule has 2 saturated heterocycles. The molecule has 2 aliphatic heterocycles. The van der Waals surface area contributed by atoms with Crippen LogP contribution in [-0.2, 0) is 35.6 Å². The lowest BCUT2D eigenvalue weighted by Crippen LogP contribution is -2.76. The Balaban J connectivity index is 1.16. The Hall–Kier alpha value is -6.67. The van der Waals surface area contributed by atoms with Gasteiger partial charge in [0.1, 0.15) is 29.3 Å². The molecule has 1 unspecified atom stereocenters. The van der Waals surface area contributed by atoms with Gasteiger partial charge < -0.3 is 24.7 Å². The highest BCUT2D eigenvalue weighted by molar-refractivity contribution is 5.92. The third kappa shape index (κ3) is 6.99. The summed E-state index contributed by atoms with van der Waals surface area (Å²) in [5.74, 6) is -0.0681. The number of benzene rings is 3. The summed E-state index contributed by atoms with van der Waals surface area (Å²) in [4.78, 5) is 59.4. The highest BCUT2D eigenvalue weighted by Crippen LogP contribution is 2.31. The van der Waals surface area contributed by atoms with Crippen molar-refractivity contribution >= 4 is 28.7 Å². The fourth-order valence-electron chi connectivity index (χ4n) is 7.01. The van der Waals surface area contributed by atoms with Gasteiger partial charge in [0, 0.05) is 49.6 Å². The van der Waals surface area contributed by atoms with Crippen molar-refractivity contribution in [3.05, 3.63) is 138 Å². The van der Waals surface area contributed by atoms with Crippen molar-refractivity contribution in [3.63, 3.8) is 0 Å². The second-order valence-electron chi connectivity index (χ2n) is 13.0. The number of pyridine rings is 1. The molecule has 0 saturated carbocycles. The number of nitrogens with zero attached hydrogens (tertiary/aromatic N) is 8. The van der Waals surface area contributed by atoms with Crippen molar-refractivity contribution in [1.82, 2.24) is 45.2 Å². The van der Waals surface area contributed by atoms with E-state index in [0.29, 0.717) is 17.1 Å². The maximum Gasteiger partial charge on any atom is 0.334 e. The Kier molecular flexibility index (Phi) is 9.17. The molecule has 4 amide bonds. The number of aromatic hydroxyl groups is 1. The van der Waals surface area contributed by atoms with Crippen molar-refractivity contribution in [2.75, 3.05) is 13.1 Å². The van der Waals surface area contributed by atoms with Gasteiger partial charge in [0.05, 0.1) is 31.3 Å². The molecule has 3 aromatic carbocycles. The van der Waals surface area contributed by atoms with Crippen LogP contribution in [0.15, 0.2) is 120 Å². The number of hydrogen-bond donors (Lipinski definition) is 2. The van der Waals surface area contributed by atoms with Gasteiger partial charge in [-0.15, -0.1) is 0 Å². The number of carbonyl (C=O) groups is 3. The third-order valence-corrected chi connectivity index (χ3v) is 9.51. The molecule has 6 aromatic rings. The highest BCUT2D eigenvalue weighted by Gasteiger charge is 2.51. The molecular weight excluding hydrogens is 674 g/mol. The van der Waals surface area contributed by atoms with Crippen molar-refractivity contribution in [2.45, 2.75) is 38.3 Å². The second-order valence-corrected chi connectivity index (χ2v) is 13.0. The topological polar surface area (TPSA) is 161 Å². The number of piperazine rings is 1. The summed E-state index contributed by atoms with van der Waals surface area (Å²) < 4.78 is 5.68. The van der Waals surface area contributed by atoms with Crippen LogP contribution >= 0.6 is 0 Å². The van der Waals surface area contributed by atoms with Gasteiger partial charge in [0.2, 0.25) is 11.8 Å². The summed E-state index contributed by atoms with van der Waals surface area (Å²) in [6.45, 7) is 0.351. The molecule has 53 heavy (non-hydrogen) atoms. The van der Waals surface area contributed by atoms with E-state index in [1.807, 2.05) is 60.7 Å². The van der Waals surface area contributed by atoms with E-state index in [9.17, 15) is 19.5 Å². The van der Waals surface area contributed by atoms with Crippen LogP contribution in [0.5, 0.6) is 5.75 Å². The van der Waals surface area contributed by atoms with Gasteiger partial charge in [-0.05, 0) is 41.0 Å². The summed E-state index contributed by atoms with van der Waals surface area (Å²) in [6.07, 6.45) is 5.72. The van der Waals surface area contributed by atoms with E-state index < -0.39 is 18.2 Å². The van der Waals surface area contributed by atoms with E-state index >= 15 is 0 Å². The minimum absolute atomic E-state index is 0.0354. The van der Waals surface area contributed by atoms with E-state index in [0.717, 1.165) is 27.6 Å². The summed E-state index contributed by atoms with van der Waals surface area (Å²) in [6, 6.07) is 26.0. The molecular formula is C39H35N9O5. The van der Waals surface area contributed by atoms with E-state index in [4.69, 9.17) is 4.52 Å². The van der Waals surface area contributed by atoms with Crippen LogP contribution in [0.25, 0.3) is 22.3 Å². The Labute approximate surface area is 304 Å². The van der Waals surface area contributed by atoms with Crippen LogP contribution < -0.4 is 5.32 Å². The van der Waals surface area contributed by atoms with Crippen molar-refractivity contribution < 1.29 is 24.0 Å². The molecule has 14 heteroatoms. The molecule has 3 aromatic heterocycles. The van der Waals surface area contributed by atoms with Gasteiger partial charge in [-0.3, -0.25) is 24.5 Å². The van der Waals surface area contributed by atoms with Gasteiger partial charge in [0.15, 0.2) is 5.76 Å². The van der Waals surface area contributed by atoms with Gasteiger partial charge >= 0.3 is 6.03 Å². The average Bonchev–Trinajstić information content (AvgIpc) is 3.66. The molecule has 0 radical (unpaired) electrons. The SMILES string of the molecule is O=C1[C@H](Cc2ccc(O)cc2)N2C(=O)CN(Cc3cc(-c4cnccn4)no3)N(C(=O)NCc3ccccc3)C2CN1Cc1cccc2ncccc12. The molecule has 266 valence electrons. The van der Waals surface area contributed by atoms with E-state index in [1.54, 1.807) is 69.9 Å². The predicted molar refractivity (Wildman–Crippen MR) is 192 cm³/mol. The smallest absolute Gasteiger partial charge is 0.334 e. The van der Waals surface area contributed by atoms with Crippen LogP contribution in [0.2, 0.25) is 0 Å². The summed E-state index contributed by atoms with van der Waals surface area (Å²) in [7, 11) is 0. The lowest BCUT2D eigenvalue weighted by molar-refractivity contribution is -0.193. The first-order valence-electron chi connectivity index (χ1n) is 17.2. The van der Waals surface area contributed by atoms with Crippen molar-refractivity contribution in [2.24, 2.45) is 0 Å². The number of phenolic OH excluding ortho intramolecular Hbond substituents is 1. The average molecular weight is 710 g/mol. The van der Waals surface area contributed by atoms with Crippen LogP contribution in [0.4, 0.5) is 4.79 Å². The second kappa shape index (κ2) is 14.5. The normalized spacial score (nSPS) is 17.6. The Morgan fingerprint density at radius 2 is 1.72 bits per heavy atom. The summed E-state index contributed by atoms with van der Waals surface area (Å²) in [5, 5.41) is 21.2. The first-order valence-corrected chi connectivity index (χ1v) is 17.2. The molecule has 0 spiro atoms. The zero-order valence-corrected chi connectivity index (χ0v) is 28.5. The number of hydrogen-bond acceptors (Lipinski definition) is 10. The molecule has 2 fully saturated rings. The number of carbonyl (C=O) groups excluding carboxylic acids is 3. The zero-order valence-electron chi connectivity index (χ0n) is 28.5. The number of hydrazine groups is 1. The summed E-state index contributed by atoms with van der Waals surface area (Å²) in [5.41, 5.74) is 4.32. The number of nitrogens with one attached hydrogen (secondary N) is 1. The quantitative estimate of drug-likeness (QED) is 0.223. The number of fused-ring (bicyclic) bond motifs is 2. The molecule has 0 bridgehead atoms. The third-order valence-electron chi connectivity index (χ3n) is 9.51. The zero-order chi connectivity index (χ0) is 36.3. The van der Waals surface area contributed by atoms with E-state index in [1.165, 1.54) is 5.01 Å². The fraction of sp³-hybridized carbons (Fsp3) is 0.205. The van der Waals surface area contributed by atoms with Crippen molar-refractivity contribution in [3.8, 4) is 17.1 Å². The maximum absolute atomic E-state index is 14.5. The Morgan fingerprint density at radius 1 is 0.868 bits per heavy atom. The molecule has 0 aliphatic carbocycles. The van der Waals surface area contributed by atoms with Crippen LogP contribution in [0.3, 0.4) is 0 Å². The predicted octanol–water partition coefficient (Wildman–Crippen LogP) is 4.14. The number of phenols is 1. The molecule has 2 atom stereocenters. The minimum Gasteiger partial charge on any atom is -0.508 e. The molecule has 2 N–H and O–H groups in total. The lowest BCUT2D eigenvalue weighted by atomic mass is 9.98. The van der Waals surface area contributed by atoms with E-state index in [-0.39, 0.29) is 56.7 Å². The standard InChI is InChI=1S/C39H35N9O5/c49-29-13-11-26(12-14-29)18-35-38(51)45(22-28-8-4-10-32-31(28)9-5-15-41-32)24-36-47(35)37(50)25-46(48(36)39(52)43-20-27-6-2-1-3-7-27)23-30-19-33(44-53-30)34-21-40-16-17-42-34/h1-17,19,21,35-36,49H,18,20,22-25H2,(H,43,52)/t35-,36?/m0/s1. The van der Waals surface area contributed by atoms with Gasteiger partial charge in [-0.1, -0.05) is 65.8 Å².